The van der Waals surface area contributed by atoms with Gasteiger partial charge in [0.15, 0.2) is 11.5 Å². The number of nitro benzene ring substituents is 1. The number of carboxylic acids is 1. The number of hydrogen-bond acceptors (Lipinski definition) is 19. The first-order valence-electron chi connectivity index (χ1n) is 14.8. The molecule has 296 valence electrons. The van der Waals surface area contributed by atoms with Gasteiger partial charge in [-0.3, -0.25) is 23.8 Å². The first-order valence-corrected chi connectivity index (χ1v) is 19.1. The molecule has 0 unspecified atom stereocenters. The molecular weight excluding hydrogens is 827 g/mol. The van der Waals surface area contributed by atoms with Gasteiger partial charge in [-0.15, -0.1) is 20.5 Å². The number of hydrogen-bond donors (Lipinski definition) is 7. The molecule has 24 nitrogen and oxygen atoms in total. The number of azo groups is 3. The SMILES string of the molecule is COc1ccc(N=Nc2ccc(N=Nc3c(S(=O)(=O)O)cc4cc(S(=O)(=O)O)c(N=Nc5ccc([N+](=O)[O-])c(C(=O)O)c5)c(O)c4c3O)c(S(=O)(=O)O)c2)c(O)c1. The third-order valence-corrected chi connectivity index (χ3v) is 10.0. The number of nitro groups is 1. The second-order valence-corrected chi connectivity index (χ2v) is 15.2. The zero-order valence-electron chi connectivity index (χ0n) is 27.9. The molecule has 0 spiro atoms. The van der Waals surface area contributed by atoms with Crippen molar-refractivity contribution in [3.8, 4) is 23.0 Å². The first kappa shape index (κ1) is 41.1. The molecule has 27 heteroatoms. The molecule has 0 atom stereocenters. The molecule has 0 radical (unpaired) electrons. The minimum atomic E-state index is -5.45. The van der Waals surface area contributed by atoms with Crippen molar-refractivity contribution >= 4 is 86.9 Å². The van der Waals surface area contributed by atoms with Crippen LogP contribution in [0.2, 0.25) is 0 Å². The van der Waals surface area contributed by atoms with Gasteiger partial charge in [0.1, 0.15) is 54.5 Å². The molecule has 57 heavy (non-hydrogen) atoms. The zero-order chi connectivity index (χ0) is 42.2. The van der Waals surface area contributed by atoms with Crippen LogP contribution in [0.15, 0.2) is 112 Å². The first-order chi connectivity index (χ1) is 26.5. The lowest BCUT2D eigenvalue weighted by Gasteiger charge is -2.13. The lowest BCUT2D eigenvalue weighted by atomic mass is 10.1. The normalized spacial score (nSPS) is 12.6. The highest BCUT2D eigenvalue weighted by molar-refractivity contribution is 7.86. The van der Waals surface area contributed by atoms with Crippen molar-refractivity contribution in [2.24, 2.45) is 30.7 Å². The number of fused-ring (bicyclic) bond motifs is 1. The number of ether oxygens (including phenoxy) is 1. The summed E-state index contributed by atoms with van der Waals surface area (Å²) in [5, 5.41) is 73.2. The Kier molecular flexibility index (Phi) is 11.0. The number of carbonyl (C=O) groups is 1. The van der Waals surface area contributed by atoms with Crippen LogP contribution in [0.3, 0.4) is 0 Å². The number of aromatic hydroxyl groups is 3. The van der Waals surface area contributed by atoms with Gasteiger partial charge in [0, 0.05) is 12.1 Å². The van der Waals surface area contributed by atoms with E-state index in [2.05, 4.69) is 30.7 Å². The molecule has 0 aliphatic carbocycles. The van der Waals surface area contributed by atoms with Crippen molar-refractivity contribution in [2.75, 3.05) is 7.11 Å². The van der Waals surface area contributed by atoms with Crippen molar-refractivity contribution in [1.82, 2.24) is 0 Å². The molecular formula is C30H21N7O17S3. The predicted octanol–water partition coefficient (Wildman–Crippen LogP) is 6.56. The highest BCUT2D eigenvalue weighted by atomic mass is 32.2. The van der Waals surface area contributed by atoms with Gasteiger partial charge < -0.3 is 25.2 Å². The Morgan fingerprint density at radius 2 is 1.14 bits per heavy atom. The molecule has 5 aromatic rings. The van der Waals surface area contributed by atoms with E-state index in [0.29, 0.717) is 18.2 Å². The van der Waals surface area contributed by atoms with E-state index >= 15 is 0 Å². The van der Waals surface area contributed by atoms with E-state index < -0.39 is 112 Å². The van der Waals surface area contributed by atoms with Crippen LogP contribution in [0, 0.1) is 10.1 Å². The van der Waals surface area contributed by atoms with Gasteiger partial charge >= 0.3 is 5.97 Å². The van der Waals surface area contributed by atoms with Crippen LogP contribution >= 0.6 is 0 Å². The maximum atomic E-state index is 12.4. The summed E-state index contributed by atoms with van der Waals surface area (Å²) in [6.07, 6.45) is 0. The van der Waals surface area contributed by atoms with Gasteiger partial charge in [0.25, 0.3) is 36.0 Å². The van der Waals surface area contributed by atoms with Crippen molar-refractivity contribution in [3.63, 3.8) is 0 Å². The number of nitrogens with zero attached hydrogens (tertiary/aromatic N) is 7. The molecule has 0 saturated carbocycles. The summed E-state index contributed by atoms with van der Waals surface area (Å²) < 4.78 is 109. The second-order valence-electron chi connectivity index (χ2n) is 11.0. The lowest BCUT2D eigenvalue weighted by Crippen LogP contribution is -2.02. The topological polar surface area (TPSA) is 388 Å². The third-order valence-electron chi connectivity index (χ3n) is 7.41. The van der Waals surface area contributed by atoms with Crippen LogP contribution < -0.4 is 4.74 Å². The number of carboxylic acid groups (broad SMARTS) is 1. The Balaban J connectivity index is 1.68. The van der Waals surface area contributed by atoms with Crippen LogP contribution in [0.25, 0.3) is 10.8 Å². The summed E-state index contributed by atoms with van der Waals surface area (Å²) in [7, 11) is -14.7. The van der Waals surface area contributed by atoms with E-state index in [1.807, 2.05) is 0 Å². The van der Waals surface area contributed by atoms with Crippen molar-refractivity contribution in [3.05, 3.63) is 82.4 Å². The van der Waals surface area contributed by atoms with E-state index in [9.17, 15) is 74.2 Å². The van der Waals surface area contributed by atoms with E-state index in [1.54, 1.807) is 0 Å². The second kappa shape index (κ2) is 15.2. The monoisotopic (exact) mass is 847 g/mol. The molecule has 0 heterocycles. The number of phenolic OH excluding ortho intramolecular Hbond substituents is 3. The van der Waals surface area contributed by atoms with E-state index in [0.717, 1.165) is 30.3 Å². The number of rotatable bonds is 12. The van der Waals surface area contributed by atoms with Gasteiger partial charge in [-0.25, -0.2) is 4.79 Å². The lowest BCUT2D eigenvalue weighted by molar-refractivity contribution is -0.385. The van der Waals surface area contributed by atoms with Crippen LogP contribution in [0.4, 0.5) is 39.8 Å². The highest BCUT2D eigenvalue weighted by Gasteiger charge is 2.29. The number of phenols is 3. The van der Waals surface area contributed by atoms with E-state index in [-0.39, 0.29) is 22.9 Å². The smallest absolute Gasteiger partial charge is 0.342 e. The van der Waals surface area contributed by atoms with Crippen molar-refractivity contribution < 1.29 is 73.8 Å². The summed E-state index contributed by atoms with van der Waals surface area (Å²) in [5.41, 5.74) is -5.58. The molecule has 0 aliphatic rings. The summed E-state index contributed by atoms with van der Waals surface area (Å²) in [5.74, 6) is -4.57. The fraction of sp³-hybridized carbons (Fsp3) is 0.0333. The van der Waals surface area contributed by atoms with E-state index in [1.165, 1.54) is 25.3 Å². The van der Waals surface area contributed by atoms with Crippen LogP contribution in [-0.4, -0.2) is 77.3 Å². The molecule has 0 bridgehead atoms. The molecule has 5 rings (SSSR count). The van der Waals surface area contributed by atoms with Crippen LogP contribution in [0.5, 0.6) is 23.0 Å². The van der Waals surface area contributed by atoms with Gasteiger partial charge in [0.05, 0.1) is 28.8 Å². The molecule has 7 N–H and O–H groups in total. The fourth-order valence-corrected chi connectivity index (χ4v) is 6.81. The Hall–Kier alpha value is -7.04. The highest BCUT2D eigenvalue weighted by Crippen LogP contribution is 2.50. The maximum absolute atomic E-state index is 12.4. The standard InChI is InChI=1S/C30H21N7O17S3/c1-54-16-4-6-18(21(38)12-16)33-31-15-2-5-19(22(11-15)55(45,46)47)34-36-27-24(57(51,52)53)9-13-8-23(56(48,49)50)26(28(39)25(13)29(27)40)35-32-14-3-7-20(37(43)44)17(10-14)30(41)42/h2-12,38-40H,1H3,(H,41,42)(H,45,46,47)(H,48,49,50)(H,51,52,53). The maximum Gasteiger partial charge on any atom is 0.342 e. The van der Waals surface area contributed by atoms with Crippen molar-refractivity contribution in [2.45, 2.75) is 14.7 Å². The quantitative estimate of drug-likeness (QED) is 0.0302. The number of methoxy groups -OCH3 is 1. The van der Waals surface area contributed by atoms with E-state index in [4.69, 9.17) is 4.74 Å². The predicted molar refractivity (Wildman–Crippen MR) is 190 cm³/mol. The van der Waals surface area contributed by atoms with Gasteiger partial charge in [-0.1, -0.05) is 0 Å². The van der Waals surface area contributed by atoms with Crippen molar-refractivity contribution in [1.29, 1.82) is 0 Å². The Morgan fingerprint density at radius 3 is 1.65 bits per heavy atom. The molecule has 0 saturated heterocycles. The largest absolute Gasteiger partial charge is 0.505 e. The Morgan fingerprint density at radius 1 is 0.649 bits per heavy atom. The zero-order valence-corrected chi connectivity index (χ0v) is 30.4. The molecule has 5 aromatic carbocycles. The summed E-state index contributed by atoms with van der Waals surface area (Å²) in [4.78, 5) is 18.1. The van der Waals surface area contributed by atoms with Crippen LogP contribution in [-0.2, 0) is 30.4 Å². The minimum absolute atomic E-state index is 0.0762. The number of aromatic carboxylic acids is 1. The van der Waals surface area contributed by atoms with Gasteiger partial charge in [-0.2, -0.15) is 35.5 Å². The molecule has 0 aromatic heterocycles. The Bertz CT molecular complexity index is 2970. The van der Waals surface area contributed by atoms with Gasteiger partial charge in [0.2, 0.25) is 0 Å². The van der Waals surface area contributed by atoms with Gasteiger partial charge in [-0.05, 0) is 60.0 Å². The third kappa shape index (κ3) is 8.77. The molecule has 0 aliphatic heterocycles. The average molecular weight is 848 g/mol. The fourth-order valence-electron chi connectivity index (χ4n) is 4.86. The summed E-state index contributed by atoms with van der Waals surface area (Å²) >= 11 is 0. The molecule has 0 amide bonds. The number of benzene rings is 5. The molecule has 0 fully saturated rings. The summed E-state index contributed by atoms with van der Waals surface area (Å²) in [6, 6.07) is 9.88. The average Bonchev–Trinajstić information content (AvgIpc) is 3.11. The summed E-state index contributed by atoms with van der Waals surface area (Å²) in [6.45, 7) is 0. The van der Waals surface area contributed by atoms with Crippen LogP contribution in [0.1, 0.15) is 10.4 Å². The minimum Gasteiger partial charge on any atom is -0.505 e. The Labute approximate surface area is 317 Å².